The molecule has 4 amide bonds. The Hall–Kier alpha value is -4.82. The Kier molecular flexibility index (Phi) is 7.68. The number of carboxylic acid groups (broad SMARTS) is 1. The van der Waals surface area contributed by atoms with Crippen LogP contribution in [0.1, 0.15) is 5.82 Å². The number of amides is 4. The van der Waals surface area contributed by atoms with E-state index in [2.05, 4.69) is 30.2 Å². The third-order valence-corrected chi connectivity index (χ3v) is 7.76. The summed E-state index contributed by atoms with van der Waals surface area (Å²) in [4.78, 5) is 60.0. The van der Waals surface area contributed by atoms with Gasteiger partial charge in [-0.15, -0.1) is 11.8 Å². The maximum atomic E-state index is 13.2. The number of hydrogen-bond acceptors (Lipinski definition) is 13. The summed E-state index contributed by atoms with van der Waals surface area (Å²) in [7, 11) is 1.36. The quantitative estimate of drug-likeness (QED) is 0.0434. The molecule has 1 saturated heterocycles. The van der Waals surface area contributed by atoms with E-state index in [9.17, 15) is 24.3 Å². The number of urea groups is 1. The number of carbonyl (C=O) groups excluding carboxylic acids is 3. The second kappa shape index (κ2) is 11.3. The first-order valence-corrected chi connectivity index (χ1v) is 13.4. The Morgan fingerprint density at radius 2 is 2.17 bits per heavy atom. The zero-order valence-corrected chi connectivity index (χ0v) is 22.7. The van der Waals surface area contributed by atoms with Crippen LogP contribution in [0.3, 0.4) is 0 Å². The smallest absolute Gasteiger partial charge is 0.352 e. The molecule has 7 N–H and O–H groups in total. The number of carbonyl (C=O) groups is 4. The molecule has 2 atom stereocenters. The predicted octanol–water partition coefficient (Wildman–Crippen LogP) is -1.69. The predicted molar refractivity (Wildman–Crippen MR) is 142 cm³/mol. The van der Waals surface area contributed by atoms with Gasteiger partial charge in [-0.05, 0) is 6.07 Å². The lowest BCUT2D eigenvalue weighted by Crippen LogP contribution is -2.71. The average molecular weight is 605 g/mol. The molecule has 5 rings (SSSR count). The number of imidazole rings is 1. The highest BCUT2D eigenvalue weighted by Gasteiger charge is 2.54. The molecule has 41 heavy (non-hydrogen) atoms. The fourth-order valence-electron chi connectivity index (χ4n) is 4.25. The summed E-state index contributed by atoms with van der Waals surface area (Å²) in [6, 6.07) is 1.55. The van der Waals surface area contributed by atoms with Gasteiger partial charge in [0.1, 0.15) is 23.7 Å². The normalized spacial score (nSPS) is 18.6. The Morgan fingerprint density at radius 1 is 1.37 bits per heavy atom. The van der Waals surface area contributed by atoms with Crippen molar-refractivity contribution in [2.24, 2.45) is 10.9 Å². The first kappa shape index (κ1) is 27.7. The zero-order chi connectivity index (χ0) is 29.3. The number of hydrogen-bond donors (Lipinski definition) is 5. The second-order valence-electron chi connectivity index (χ2n) is 8.48. The summed E-state index contributed by atoms with van der Waals surface area (Å²) >= 11 is 2.11. The molecule has 214 valence electrons. The second-order valence-corrected chi connectivity index (χ2v) is 10.4. The number of methoxy groups -OCH3 is 1. The molecule has 0 radical (unpaired) electrons. The van der Waals surface area contributed by atoms with E-state index in [1.165, 1.54) is 29.6 Å². The van der Waals surface area contributed by atoms with Crippen LogP contribution in [0.15, 0.2) is 41.0 Å². The number of ether oxygens (including phenoxy) is 1. The lowest BCUT2D eigenvalue weighted by Gasteiger charge is -2.49. The number of thioether (sulfide) groups is 1. The number of anilines is 2. The summed E-state index contributed by atoms with van der Waals surface area (Å²) in [5, 5.41) is 22.4. The lowest BCUT2D eigenvalue weighted by atomic mass is 10.0. The molecule has 18 nitrogen and oxygen atoms in total. The molecule has 0 saturated carbocycles. The minimum atomic E-state index is -1.31. The van der Waals surface area contributed by atoms with E-state index in [0.717, 1.165) is 16.4 Å². The van der Waals surface area contributed by atoms with Gasteiger partial charge in [0.05, 0.1) is 6.20 Å². The first-order chi connectivity index (χ1) is 19.7. The fraction of sp³-hybridized carbons (Fsp3) is 0.286. The number of nitrogens with two attached hydrogens (primary N) is 2. The number of nitrogen functional groups attached to an aromatic ring is 1. The molecule has 0 aliphatic carbocycles. The molecular weight excluding hydrogens is 582 g/mol. The minimum Gasteiger partial charge on any atom is -0.477 e. The van der Waals surface area contributed by atoms with Gasteiger partial charge in [0.25, 0.3) is 17.6 Å². The number of rotatable bonds is 10. The molecule has 3 aromatic heterocycles. The Bertz CT molecular complexity index is 1620. The molecule has 5 heterocycles. The van der Waals surface area contributed by atoms with Crippen molar-refractivity contribution in [2.75, 3.05) is 30.7 Å². The first-order valence-electron chi connectivity index (χ1n) is 11.6. The van der Waals surface area contributed by atoms with Crippen molar-refractivity contribution in [3.8, 4) is 0 Å². The van der Waals surface area contributed by atoms with E-state index in [4.69, 9.17) is 21.0 Å². The van der Waals surface area contributed by atoms with Gasteiger partial charge in [-0.2, -0.15) is 9.36 Å². The maximum Gasteiger partial charge on any atom is 0.352 e. The number of primary amides is 1. The molecule has 20 heteroatoms. The van der Waals surface area contributed by atoms with E-state index >= 15 is 0 Å². The van der Waals surface area contributed by atoms with Crippen LogP contribution in [0.5, 0.6) is 0 Å². The van der Waals surface area contributed by atoms with Crippen LogP contribution in [0.2, 0.25) is 0 Å². The number of nitrogens with zero attached hydrogens (tertiary/aromatic N) is 7. The van der Waals surface area contributed by atoms with Crippen molar-refractivity contribution in [3.05, 3.63) is 41.6 Å². The third kappa shape index (κ3) is 5.34. The highest BCUT2D eigenvalue weighted by molar-refractivity contribution is 8.00. The van der Waals surface area contributed by atoms with E-state index in [-0.39, 0.29) is 47.3 Å². The molecule has 0 bridgehead atoms. The van der Waals surface area contributed by atoms with Gasteiger partial charge in [-0.1, -0.05) is 14.8 Å². The number of β-lactam (4-membered cyclic amide) rings is 1. The van der Waals surface area contributed by atoms with Crippen LogP contribution < -0.4 is 26.7 Å². The van der Waals surface area contributed by atoms with Crippen molar-refractivity contribution in [1.82, 2.24) is 29.2 Å². The molecule has 2 aliphatic heterocycles. The summed E-state index contributed by atoms with van der Waals surface area (Å²) in [5.41, 5.74) is 11.3. The number of oxime groups is 1. The standard InChI is InChI=1S/C21H21N11O7S2/c1-38-8-39-28-12(15-27-21(23)41-29-15)16(33)26-13-17(34)31-14(19(35)36)9(7-40-18(13)31)5-30-6-10(25-20(22)37)32-11(30)3-2-4-24-32/h2-4,6,13,18H,5,7-8H2,1H3,(H6-,22,23,24,25,26,27,29,33,35,36,37)/p+1/b28-12-/t13-,18-/m1/s1. The molecule has 3 aromatic rings. The number of fused-ring (bicyclic) bond motifs is 2. The molecule has 0 spiro atoms. The summed E-state index contributed by atoms with van der Waals surface area (Å²) in [6.45, 7) is -0.186. The number of carboxylic acids is 1. The van der Waals surface area contributed by atoms with Gasteiger partial charge in [-0.3, -0.25) is 19.8 Å². The number of aromatic nitrogens is 5. The van der Waals surface area contributed by atoms with Crippen LogP contribution in [-0.4, -0.2) is 89.6 Å². The highest BCUT2D eigenvalue weighted by Crippen LogP contribution is 2.40. The van der Waals surface area contributed by atoms with E-state index < -0.39 is 35.2 Å². The van der Waals surface area contributed by atoms with Crippen molar-refractivity contribution in [1.29, 1.82) is 0 Å². The fourth-order valence-corrected chi connectivity index (χ4v) is 6.02. The van der Waals surface area contributed by atoms with Gasteiger partial charge in [0.15, 0.2) is 11.3 Å². The van der Waals surface area contributed by atoms with Gasteiger partial charge >= 0.3 is 17.6 Å². The van der Waals surface area contributed by atoms with Crippen molar-refractivity contribution in [3.63, 3.8) is 0 Å². The van der Waals surface area contributed by atoms with E-state index in [1.807, 2.05) is 0 Å². The summed E-state index contributed by atoms with van der Waals surface area (Å²) in [5.74, 6) is -2.35. The van der Waals surface area contributed by atoms with Gasteiger partial charge in [0.2, 0.25) is 18.3 Å². The van der Waals surface area contributed by atoms with Crippen molar-refractivity contribution in [2.45, 2.75) is 18.0 Å². The van der Waals surface area contributed by atoms with Crippen LogP contribution in [-0.2, 0) is 30.5 Å². The summed E-state index contributed by atoms with van der Waals surface area (Å²) < 4.78 is 11.8. The summed E-state index contributed by atoms with van der Waals surface area (Å²) in [6.07, 6.45) is 3.07. The Morgan fingerprint density at radius 3 is 2.85 bits per heavy atom. The van der Waals surface area contributed by atoms with E-state index in [0.29, 0.717) is 11.2 Å². The van der Waals surface area contributed by atoms with Gasteiger partial charge < -0.3 is 31.5 Å². The Labute approximate surface area is 238 Å². The largest absolute Gasteiger partial charge is 0.477 e. The number of aliphatic carboxylic acids is 1. The molecule has 2 aliphatic rings. The van der Waals surface area contributed by atoms with Crippen LogP contribution in [0.25, 0.3) is 5.65 Å². The lowest BCUT2D eigenvalue weighted by molar-refractivity contribution is -0.662. The average Bonchev–Trinajstić information content (AvgIpc) is 3.52. The molecular formula is C21H22N11O7S2+. The van der Waals surface area contributed by atoms with Crippen LogP contribution in [0.4, 0.5) is 15.7 Å². The van der Waals surface area contributed by atoms with Crippen molar-refractivity contribution >= 4 is 69.4 Å². The van der Waals surface area contributed by atoms with E-state index in [1.54, 1.807) is 22.9 Å². The van der Waals surface area contributed by atoms with Crippen LogP contribution >= 0.6 is 23.3 Å². The monoisotopic (exact) mass is 604 g/mol. The topological polar surface area (TPSA) is 246 Å². The number of nitrogens with one attached hydrogen (secondary N) is 2. The molecule has 0 unspecified atom stereocenters. The minimum absolute atomic E-state index is 0.0718. The van der Waals surface area contributed by atoms with Crippen molar-refractivity contribution < 1.29 is 38.4 Å². The Balaban J connectivity index is 1.38. The molecule has 1 fully saturated rings. The maximum absolute atomic E-state index is 13.2. The van der Waals surface area contributed by atoms with Gasteiger partial charge in [0, 0.05) is 36.0 Å². The zero-order valence-electron chi connectivity index (χ0n) is 21.1. The van der Waals surface area contributed by atoms with Gasteiger partial charge in [-0.25, -0.2) is 14.2 Å². The third-order valence-electron chi connectivity index (χ3n) is 5.87. The highest BCUT2D eigenvalue weighted by atomic mass is 32.2. The SMILES string of the molecule is COCO/N=C(\C(=O)N[C@@H]1C(=O)N2C(C(=O)O)=C(C[n+]3cc(NC(N)=O)n4ncccc43)CS[C@H]12)c1nsc(N)n1. The molecule has 0 aromatic carbocycles. The van der Waals surface area contributed by atoms with Crippen LogP contribution in [0, 0.1) is 0 Å².